The number of nitrogens with one attached hydrogen (secondary N) is 1. The lowest BCUT2D eigenvalue weighted by Gasteiger charge is -2.11. The molecule has 0 aliphatic heterocycles. The summed E-state index contributed by atoms with van der Waals surface area (Å²) in [5.41, 5.74) is -0.405. The van der Waals surface area contributed by atoms with E-state index in [4.69, 9.17) is 11.6 Å². The van der Waals surface area contributed by atoms with Gasteiger partial charge in [0.05, 0.1) is 21.3 Å². The summed E-state index contributed by atoms with van der Waals surface area (Å²) in [4.78, 5) is 4.24. The Hall–Kier alpha value is -1.16. The molecule has 0 radical (unpaired) electrons. The molecule has 0 aliphatic carbocycles. The molecule has 1 N–H and O–H groups in total. The van der Waals surface area contributed by atoms with Crippen molar-refractivity contribution in [3.63, 3.8) is 0 Å². The molecule has 0 atom stereocenters. The van der Waals surface area contributed by atoms with E-state index < -0.39 is 26.7 Å². The van der Waals surface area contributed by atoms with E-state index in [2.05, 4.69) is 9.71 Å². The van der Waals surface area contributed by atoms with Gasteiger partial charge in [0, 0.05) is 11.4 Å². The van der Waals surface area contributed by atoms with Gasteiger partial charge < -0.3 is 0 Å². The summed E-state index contributed by atoms with van der Waals surface area (Å²) in [6.07, 6.45) is -4.65. The zero-order chi connectivity index (χ0) is 17.4. The first kappa shape index (κ1) is 18.2. The lowest BCUT2D eigenvalue weighted by atomic mass is 10.2. The second-order valence-corrected chi connectivity index (χ2v) is 8.14. The van der Waals surface area contributed by atoms with E-state index in [9.17, 15) is 21.6 Å². The SMILES string of the molecule is Cc1nc(C)c(CNS(=O)(=O)c2cc(C(F)(F)F)ccc2Cl)s1. The van der Waals surface area contributed by atoms with Crippen LogP contribution in [0.3, 0.4) is 0 Å². The van der Waals surface area contributed by atoms with E-state index in [0.717, 1.165) is 17.1 Å². The highest BCUT2D eigenvalue weighted by molar-refractivity contribution is 7.89. The van der Waals surface area contributed by atoms with Gasteiger partial charge in [-0.05, 0) is 32.0 Å². The molecule has 10 heteroatoms. The van der Waals surface area contributed by atoms with E-state index >= 15 is 0 Å². The molecule has 0 fully saturated rings. The van der Waals surface area contributed by atoms with Crippen molar-refractivity contribution in [2.45, 2.75) is 31.5 Å². The molecule has 1 heterocycles. The average molecular weight is 385 g/mol. The van der Waals surface area contributed by atoms with Crippen molar-refractivity contribution in [1.29, 1.82) is 0 Å². The van der Waals surface area contributed by atoms with Gasteiger partial charge in [-0.15, -0.1) is 11.3 Å². The minimum Gasteiger partial charge on any atom is -0.247 e. The molecular weight excluding hydrogens is 373 g/mol. The van der Waals surface area contributed by atoms with Crippen molar-refractivity contribution in [2.24, 2.45) is 0 Å². The topological polar surface area (TPSA) is 59.1 Å². The molecule has 0 unspecified atom stereocenters. The third kappa shape index (κ3) is 4.23. The highest BCUT2D eigenvalue weighted by atomic mass is 35.5. The van der Waals surface area contributed by atoms with Crippen LogP contribution in [0.1, 0.15) is 21.1 Å². The van der Waals surface area contributed by atoms with Gasteiger partial charge in [-0.3, -0.25) is 0 Å². The van der Waals surface area contributed by atoms with Crippen LogP contribution in [0.2, 0.25) is 5.02 Å². The van der Waals surface area contributed by atoms with Crippen LogP contribution in [0.25, 0.3) is 0 Å². The van der Waals surface area contributed by atoms with Crippen LogP contribution in [0.4, 0.5) is 13.2 Å². The summed E-state index contributed by atoms with van der Waals surface area (Å²) >= 11 is 7.06. The summed E-state index contributed by atoms with van der Waals surface area (Å²) in [6.45, 7) is 3.44. The first-order chi connectivity index (χ1) is 10.5. The van der Waals surface area contributed by atoms with Crippen molar-refractivity contribution in [3.05, 3.63) is 44.4 Å². The van der Waals surface area contributed by atoms with Crippen LogP contribution >= 0.6 is 22.9 Å². The normalized spacial score (nSPS) is 12.6. The number of thiazole rings is 1. The number of alkyl halides is 3. The smallest absolute Gasteiger partial charge is 0.247 e. The van der Waals surface area contributed by atoms with E-state index in [-0.39, 0.29) is 11.6 Å². The van der Waals surface area contributed by atoms with Crippen LogP contribution in [-0.4, -0.2) is 13.4 Å². The van der Waals surface area contributed by atoms with E-state index in [0.29, 0.717) is 16.6 Å². The molecule has 23 heavy (non-hydrogen) atoms. The molecular formula is C13H12ClF3N2O2S2. The highest BCUT2D eigenvalue weighted by Crippen LogP contribution is 2.33. The van der Waals surface area contributed by atoms with E-state index in [1.54, 1.807) is 13.8 Å². The average Bonchev–Trinajstić information content (AvgIpc) is 2.74. The largest absolute Gasteiger partial charge is 0.416 e. The van der Waals surface area contributed by atoms with Gasteiger partial charge in [0.25, 0.3) is 0 Å². The Kier molecular flexibility index (Phi) is 5.05. The van der Waals surface area contributed by atoms with Crippen molar-refractivity contribution in [2.75, 3.05) is 0 Å². The molecule has 0 bridgehead atoms. The number of hydrogen-bond acceptors (Lipinski definition) is 4. The standard InChI is InChI=1S/C13H12ClF3N2O2S2/c1-7-11(22-8(2)19-7)6-18-23(20,21)12-5-9(13(15,16)17)3-4-10(12)14/h3-5,18H,6H2,1-2H3. The number of aryl methyl sites for hydroxylation is 2. The van der Waals surface area contributed by atoms with Gasteiger partial charge in [0.2, 0.25) is 10.0 Å². The van der Waals surface area contributed by atoms with E-state index in [1.165, 1.54) is 11.3 Å². The van der Waals surface area contributed by atoms with Crippen molar-refractivity contribution >= 4 is 33.0 Å². The van der Waals surface area contributed by atoms with Crippen LogP contribution in [0.5, 0.6) is 0 Å². The molecule has 4 nitrogen and oxygen atoms in total. The molecule has 0 saturated heterocycles. The molecule has 0 aliphatic rings. The Morgan fingerprint density at radius 3 is 2.48 bits per heavy atom. The summed E-state index contributed by atoms with van der Waals surface area (Å²) in [5.74, 6) is 0. The highest BCUT2D eigenvalue weighted by Gasteiger charge is 2.32. The molecule has 0 amide bonds. The van der Waals surface area contributed by atoms with Crippen LogP contribution in [0.15, 0.2) is 23.1 Å². The molecule has 126 valence electrons. The van der Waals surface area contributed by atoms with Crippen LogP contribution in [-0.2, 0) is 22.7 Å². The summed E-state index contributed by atoms with van der Waals surface area (Å²) in [5, 5.41) is 0.497. The van der Waals surface area contributed by atoms with Crippen molar-refractivity contribution in [3.8, 4) is 0 Å². The molecule has 2 rings (SSSR count). The van der Waals surface area contributed by atoms with Crippen molar-refractivity contribution < 1.29 is 21.6 Å². The predicted octanol–water partition coefficient (Wildman–Crippen LogP) is 3.91. The summed E-state index contributed by atoms with van der Waals surface area (Å²) in [7, 11) is -4.18. The Morgan fingerprint density at radius 2 is 1.96 bits per heavy atom. The number of hydrogen-bond donors (Lipinski definition) is 1. The third-order valence-corrected chi connectivity index (χ3v) is 5.93. The first-order valence-electron chi connectivity index (χ1n) is 6.30. The Morgan fingerprint density at radius 1 is 1.30 bits per heavy atom. The molecule has 0 spiro atoms. The first-order valence-corrected chi connectivity index (χ1v) is 8.98. The maximum atomic E-state index is 12.7. The van der Waals surface area contributed by atoms with Gasteiger partial charge in [-0.25, -0.2) is 18.1 Å². The molecule has 1 aromatic carbocycles. The lowest BCUT2D eigenvalue weighted by molar-refractivity contribution is -0.137. The molecule has 2 aromatic rings. The second-order valence-electron chi connectivity index (χ2n) is 4.71. The second kappa shape index (κ2) is 6.39. The Labute approximate surface area is 140 Å². The maximum Gasteiger partial charge on any atom is 0.416 e. The van der Waals surface area contributed by atoms with Gasteiger partial charge in [-0.1, -0.05) is 11.6 Å². The molecule has 0 saturated carbocycles. The minimum atomic E-state index is -4.65. The predicted molar refractivity (Wildman–Crippen MR) is 82.1 cm³/mol. The number of aromatic nitrogens is 1. The Bertz CT molecular complexity index is 832. The lowest BCUT2D eigenvalue weighted by Crippen LogP contribution is -2.24. The van der Waals surface area contributed by atoms with Gasteiger partial charge >= 0.3 is 6.18 Å². The number of sulfonamides is 1. The minimum absolute atomic E-state index is 0.0632. The molecule has 1 aromatic heterocycles. The quantitative estimate of drug-likeness (QED) is 0.869. The number of rotatable bonds is 4. The summed E-state index contributed by atoms with van der Waals surface area (Å²) in [6, 6.07) is 2.18. The van der Waals surface area contributed by atoms with E-state index in [1.807, 2.05) is 0 Å². The number of nitrogens with zero attached hydrogens (tertiary/aromatic N) is 1. The third-order valence-electron chi connectivity index (χ3n) is 2.97. The van der Waals surface area contributed by atoms with Crippen molar-refractivity contribution in [1.82, 2.24) is 9.71 Å². The van der Waals surface area contributed by atoms with Crippen LogP contribution < -0.4 is 4.72 Å². The van der Waals surface area contributed by atoms with Gasteiger partial charge in [0.15, 0.2) is 0 Å². The monoisotopic (exact) mass is 384 g/mol. The van der Waals surface area contributed by atoms with Gasteiger partial charge in [0.1, 0.15) is 4.90 Å². The van der Waals surface area contributed by atoms with Gasteiger partial charge in [-0.2, -0.15) is 13.2 Å². The maximum absolute atomic E-state index is 12.7. The zero-order valence-corrected chi connectivity index (χ0v) is 14.4. The fraction of sp³-hybridized carbons (Fsp3) is 0.308. The Balaban J connectivity index is 2.31. The number of halogens is 4. The zero-order valence-electron chi connectivity index (χ0n) is 12.0. The van der Waals surface area contributed by atoms with Crippen LogP contribution in [0, 0.1) is 13.8 Å². The fourth-order valence-corrected chi connectivity index (χ4v) is 4.35. The summed E-state index contributed by atoms with van der Waals surface area (Å²) < 4.78 is 64.9. The fourth-order valence-electron chi connectivity index (χ4n) is 1.86. The number of benzene rings is 1.